The molecule has 0 amide bonds. The summed E-state index contributed by atoms with van der Waals surface area (Å²) >= 11 is 11.8. The summed E-state index contributed by atoms with van der Waals surface area (Å²) in [7, 11) is -2.11. The minimum Gasteiger partial charge on any atom is -0.329 e. The van der Waals surface area contributed by atoms with Crippen LogP contribution >= 0.6 is 23.2 Å². The van der Waals surface area contributed by atoms with Crippen molar-refractivity contribution < 1.29 is 26.1 Å². The summed E-state index contributed by atoms with van der Waals surface area (Å²) in [6.45, 7) is 0.0902. The van der Waals surface area contributed by atoms with Crippen LogP contribution in [0.1, 0.15) is 17.9 Å². The summed E-state index contributed by atoms with van der Waals surface area (Å²) in [4.78, 5) is 3.30. The summed E-state index contributed by atoms with van der Waals surface area (Å²) in [5.74, 6) is -2.07. The highest BCUT2D eigenvalue weighted by atomic mass is 35.5. The monoisotopic (exact) mass is 443 g/mol. The number of halogens is 5. The van der Waals surface area contributed by atoms with Gasteiger partial charge in [0.15, 0.2) is 0 Å². The van der Waals surface area contributed by atoms with Gasteiger partial charge < -0.3 is 4.52 Å². The normalized spacial score (nSPS) is 19.4. The van der Waals surface area contributed by atoms with Gasteiger partial charge in [-0.2, -0.15) is 18.2 Å². The van der Waals surface area contributed by atoms with Crippen LogP contribution < -0.4 is 0 Å². The van der Waals surface area contributed by atoms with Gasteiger partial charge in [0.2, 0.25) is 15.8 Å². The molecule has 1 heterocycles. The maximum atomic E-state index is 12.5. The Hall–Kier alpha value is -1.36. The first-order valence-electron chi connectivity index (χ1n) is 7.70. The smallest absolute Gasteiger partial charge is 0.329 e. The summed E-state index contributed by atoms with van der Waals surface area (Å²) < 4.78 is 66.6. The molecule has 0 N–H and O–H groups in total. The van der Waals surface area contributed by atoms with E-state index in [9.17, 15) is 21.6 Å². The van der Waals surface area contributed by atoms with Gasteiger partial charge in [0.05, 0.1) is 5.75 Å². The van der Waals surface area contributed by atoms with Gasteiger partial charge in [-0.05, 0) is 12.0 Å². The third-order valence-corrected chi connectivity index (χ3v) is 6.96. The summed E-state index contributed by atoms with van der Waals surface area (Å²) in [5, 5.41) is 3.30. The van der Waals surface area contributed by atoms with Crippen LogP contribution in [0.25, 0.3) is 11.4 Å². The Labute approximate surface area is 163 Å². The highest BCUT2D eigenvalue weighted by Crippen LogP contribution is 2.53. The molecule has 1 unspecified atom stereocenters. The van der Waals surface area contributed by atoms with E-state index in [1.54, 1.807) is 12.1 Å². The zero-order valence-corrected chi connectivity index (χ0v) is 16.2. The van der Waals surface area contributed by atoms with Gasteiger partial charge in [0.1, 0.15) is 4.33 Å². The molecule has 3 rings (SSSR count). The Morgan fingerprint density at radius 3 is 2.37 bits per heavy atom. The third kappa shape index (κ3) is 4.74. The van der Waals surface area contributed by atoms with E-state index in [0.717, 1.165) is 0 Å². The van der Waals surface area contributed by atoms with E-state index in [4.69, 9.17) is 23.2 Å². The molecule has 1 fully saturated rings. The van der Waals surface area contributed by atoms with Crippen molar-refractivity contribution >= 4 is 33.2 Å². The Morgan fingerprint density at radius 2 is 1.89 bits per heavy atom. The first kappa shape index (κ1) is 20.4. The molecule has 0 spiro atoms. The van der Waals surface area contributed by atoms with E-state index in [0.29, 0.717) is 17.5 Å². The molecule has 1 atom stereocenters. The quantitative estimate of drug-likeness (QED) is 0.635. The molecule has 0 saturated heterocycles. The summed E-state index contributed by atoms with van der Waals surface area (Å²) in [6.07, 6.45) is -4.28. The Balaban J connectivity index is 1.66. The molecule has 1 saturated carbocycles. The maximum Gasteiger partial charge on any atom is 0.471 e. The van der Waals surface area contributed by atoms with E-state index in [1.807, 2.05) is 0 Å². The second kappa shape index (κ2) is 6.91. The Bertz CT molecular complexity index is 930. The van der Waals surface area contributed by atoms with Gasteiger partial charge in [0.25, 0.3) is 0 Å². The van der Waals surface area contributed by atoms with Crippen molar-refractivity contribution in [3.63, 3.8) is 0 Å². The Morgan fingerprint density at radius 1 is 1.30 bits per heavy atom. The number of sulfonamides is 1. The van der Waals surface area contributed by atoms with Crippen molar-refractivity contribution in [3.8, 4) is 11.4 Å². The first-order valence-corrected chi connectivity index (χ1v) is 10.1. The zero-order chi connectivity index (χ0) is 20.0. The molecule has 12 heteroatoms. The number of aromatic nitrogens is 2. The molecule has 1 aliphatic carbocycles. The first-order chi connectivity index (χ1) is 12.4. The number of hydrogen-bond acceptors (Lipinski definition) is 5. The number of hydrogen-bond donors (Lipinski definition) is 0. The molecule has 0 aliphatic heterocycles. The van der Waals surface area contributed by atoms with E-state index in [-0.39, 0.29) is 24.0 Å². The lowest BCUT2D eigenvalue weighted by atomic mass is 10.1. The highest BCUT2D eigenvalue weighted by Gasteiger charge is 2.53. The molecule has 27 heavy (non-hydrogen) atoms. The lowest BCUT2D eigenvalue weighted by Gasteiger charge is -2.17. The third-order valence-electron chi connectivity index (χ3n) is 4.13. The molecule has 2 aromatic rings. The number of nitrogens with zero attached hydrogens (tertiary/aromatic N) is 3. The van der Waals surface area contributed by atoms with Crippen LogP contribution in [0.2, 0.25) is 0 Å². The second-order valence-corrected chi connectivity index (χ2v) is 9.98. The molecular weight excluding hydrogens is 430 g/mol. The van der Waals surface area contributed by atoms with Crippen molar-refractivity contribution in [1.29, 1.82) is 0 Å². The highest BCUT2D eigenvalue weighted by molar-refractivity contribution is 7.89. The molecule has 6 nitrogen and oxygen atoms in total. The maximum absolute atomic E-state index is 12.5. The fourth-order valence-electron chi connectivity index (χ4n) is 2.40. The van der Waals surface area contributed by atoms with E-state index in [1.165, 1.54) is 23.5 Å². The zero-order valence-electron chi connectivity index (χ0n) is 13.9. The van der Waals surface area contributed by atoms with Crippen LogP contribution in [0.4, 0.5) is 13.2 Å². The van der Waals surface area contributed by atoms with Crippen LogP contribution in [0.5, 0.6) is 0 Å². The van der Waals surface area contributed by atoms with E-state index >= 15 is 0 Å². The van der Waals surface area contributed by atoms with Crippen molar-refractivity contribution in [1.82, 2.24) is 14.4 Å². The van der Waals surface area contributed by atoms with Crippen LogP contribution in [0.3, 0.4) is 0 Å². The predicted molar refractivity (Wildman–Crippen MR) is 92.5 cm³/mol. The van der Waals surface area contributed by atoms with Crippen molar-refractivity contribution in [2.24, 2.45) is 5.92 Å². The standard InChI is InChI=1S/C15H14Cl2F3N3O3S/c1-23(27(24,25)8-11-6-14(11,16)17)7-9-2-4-10(5-3-9)12-21-13(26-22-12)15(18,19)20/h2-5,11H,6-8H2,1H3. The van der Waals surface area contributed by atoms with E-state index < -0.39 is 26.4 Å². The summed E-state index contributed by atoms with van der Waals surface area (Å²) in [5.41, 5.74) is 0.957. The van der Waals surface area contributed by atoms with Gasteiger partial charge in [0, 0.05) is 25.1 Å². The molecule has 148 valence electrons. The van der Waals surface area contributed by atoms with Gasteiger partial charge in [-0.25, -0.2) is 12.7 Å². The molecule has 1 aromatic carbocycles. The second-order valence-electron chi connectivity index (χ2n) is 6.31. The van der Waals surface area contributed by atoms with Gasteiger partial charge in [-0.1, -0.05) is 29.4 Å². The average molecular weight is 444 g/mol. The lowest BCUT2D eigenvalue weighted by molar-refractivity contribution is -0.159. The molecule has 1 aromatic heterocycles. The predicted octanol–water partition coefficient (Wildman–Crippen LogP) is 3.71. The summed E-state index contributed by atoms with van der Waals surface area (Å²) in [6, 6.07) is 6.14. The van der Waals surface area contributed by atoms with Crippen molar-refractivity contribution in [2.45, 2.75) is 23.5 Å². The van der Waals surface area contributed by atoms with Crippen LogP contribution in [0.15, 0.2) is 28.8 Å². The van der Waals surface area contributed by atoms with Crippen LogP contribution in [0, 0.1) is 5.92 Å². The topological polar surface area (TPSA) is 76.3 Å². The van der Waals surface area contributed by atoms with Crippen LogP contribution in [-0.4, -0.2) is 40.0 Å². The van der Waals surface area contributed by atoms with Crippen molar-refractivity contribution in [2.75, 3.05) is 12.8 Å². The average Bonchev–Trinajstić information content (AvgIpc) is 2.97. The molecule has 1 aliphatic rings. The molecular formula is C15H14Cl2F3N3O3S. The SMILES string of the molecule is CN(Cc1ccc(-c2noc(C(F)(F)F)n2)cc1)S(=O)(=O)CC1CC1(Cl)Cl. The molecule has 0 radical (unpaired) electrons. The molecule has 0 bridgehead atoms. The number of benzene rings is 1. The van der Waals surface area contributed by atoms with Gasteiger partial charge >= 0.3 is 12.1 Å². The number of alkyl halides is 5. The lowest BCUT2D eigenvalue weighted by Crippen LogP contribution is -2.30. The van der Waals surface area contributed by atoms with Gasteiger partial charge in [-0.15, -0.1) is 23.2 Å². The minimum atomic E-state index is -4.71. The van der Waals surface area contributed by atoms with E-state index in [2.05, 4.69) is 14.7 Å². The fourth-order valence-corrected chi connectivity index (χ4v) is 4.62. The van der Waals surface area contributed by atoms with Crippen molar-refractivity contribution in [3.05, 3.63) is 35.7 Å². The Kier molecular flexibility index (Phi) is 5.21. The largest absolute Gasteiger partial charge is 0.471 e. The fraction of sp³-hybridized carbons (Fsp3) is 0.467. The van der Waals surface area contributed by atoms with Crippen LogP contribution in [-0.2, 0) is 22.7 Å². The minimum absolute atomic E-state index is 0.0902. The number of rotatable bonds is 6. The van der Waals surface area contributed by atoms with Gasteiger partial charge in [-0.3, -0.25) is 0 Å².